The summed E-state index contributed by atoms with van der Waals surface area (Å²) in [5.41, 5.74) is 0.877. The van der Waals surface area contributed by atoms with Crippen molar-refractivity contribution >= 4 is 33.7 Å². The molecule has 6 heteroatoms. The Hall–Kier alpha value is -0.750. The van der Waals surface area contributed by atoms with Crippen LogP contribution in [0.15, 0.2) is 17.0 Å². The van der Waals surface area contributed by atoms with Crippen molar-refractivity contribution in [1.82, 2.24) is 19.4 Å². The Morgan fingerprint density at radius 2 is 2.25 bits per heavy atom. The molecule has 0 atom stereocenters. The topological polar surface area (TPSA) is 35.1 Å². The minimum atomic E-state index is 0.668. The molecule has 0 saturated heterocycles. The molecule has 0 bridgehead atoms. The number of hydrogen-bond acceptors (Lipinski definition) is 3. The molecular formula is C6H5BrN4S. The summed E-state index contributed by atoms with van der Waals surface area (Å²) >= 11 is 8.51. The van der Waals surface area contributed by atoms with Gasteiger partial charge in [0.2, 0.25) is 0 Å². The maximum Gasteiger partial charge on any atom is 0.149 e. The van der Waals surface area contributed by atoms with Gasteiger partial charge in [-0.1, -0.05) is 12.2 Å². The van der Waals surface area contributed by atoms with Gasteiger partial charge in [0.05, 0.1) is 10.7 Å². The van der Waals surface area contributed by atoms with Gasteiger partial charge in [0.15, 0.2) is 0 Å². The standard InChI is InChI=1S/C6H5BrN4S/c1-10-6(12)5-4(7)2-8-11(5)3-9-10/h2-3H,1H3. The fraction of sp³-hybridized carbons (Fsp3) is 0.167. The molecule has 0 N–H and O–H groups in total. The SMILES string of the molecule is Cn1ncn2ncc(Br)c2c1=S. The summed E-state index contributed by atoms with van der Waals surface area (Å²) in [5.74, 6) is 0. The first kappa shape index (κ1) is 7.88. The van der Waals surface area contributed by atoms with Gasteiger partial charge in [-0.15, -0.1) is 0 Å². The quantitative estimate of drug-likeness (QED) is 0.660. The normalized spacial score (nSPS) is 10.8. The van der Waals surface area contributed by atoms with Crippen molar-refractivity contribution in [1.29, 1.82) is 0 Å². The fourth-order valence-corrected chi connectivity index (χ4v) is 1.80. The second kappa shape index (κ2) is 2.63. The molecule has 4 nitrogen and oxygen atoms in total. The Balaban J connectivity index is 3.06. The zero-order valence-electron chi connectivity index (χ0n) is 6.23. The Morgan fingerprint density at radius 3 is 3.00 bits per heavy atom. The van der Waals surface area contributed by atoms with Crippen LogP contribution in [0, 0.1) is 4.64 Å². The molecule has 0 aliphatic carbocycles. The maximum atomic E-state index is 5.15. The van der Waals surface area contributed by atoms with Crippen molar-refractivity contribution in [3.05, 3.63) is 21.6 Å². The number of halogens is 1. The highest BCUT2D eigenvalue weighted by Crippen LogP contribution is 2.16. The van der Waals surface area contributed by atoms with E-state index in [9.17, 15) is 0 Å². The number of fused-ring (bicyclic) bond motifs is 1. The molecule has 0 fully saturated rings. The van der Waals surface area contributed by atoms with Crippen LogP contribution < -0.4 is 0 Å². The average molecular weight is 245 g/mol. The van der Waals surface area contributed by atoms with Crippen LogP contribution in [0.3, 0.4) is 0 Å². The molecule has 0 aliphatic heterocycles. The van der Waals surface area contributed by atoms with Crippen molar-refractivity contribution in [2.24, 2.45) is 7.05 Å². The van der Waals surface area contributed by atoms with Crippen molar-refractivity contribution in [2.45, 2.75) is 0 Å². The molecule has 2 aromatic rings. The summed E-state index contributed by atoms with van der Waals surface area (Å²) in [5, 5.41) is 8.06. The molecular weight excluding hydrogens is 240 g/mol. The molecule has 2 rings (SSSR count). The number of aryl methyl sites for hydroxylation is 1. The van der Waals surface area contributed by atoms with Crippen LogP contribution in [0.5, 0.6) is 0 Å². The van der Waals surface area contributed by atoms with E-state index in [4.69, 9.17) is 12.2 Å². The maximum absolute atomic E-state index is 5.15. The smallest absolute Gasteiger partial charge is 0.149 e. The second-order valence-corrected chi connectivity index (χ2v) is 3.59. The zero-order valence-corrected chi connectivity index (χ0v) is 8.63. The molecule has 2 heterocycles. The van der Waals surface area contributed by atoms with E-state index in [2.05, 4.69) is 26.1 Å². The first-order chi connectivity index (χ1) is 5.70. The first-order valence-electron chi connectivity index (χ1n) is 3.25. The lowest BCUT2D eigenvalue weighted by atomic mass is 10.5. The fourth-order valence-electron chi connectivity index (χ4n) is 0.961. The minimum Gasteiger partial charge on any atom is -0.254 e. The van der Waals surface area contributed by atoms with E-state index >= 15 is 0 Å². The molecule has 0 radical (unpaired) electrons. The monoisotopic (exact) mass is 244 g/mol. The highest BCUT2D eigenvalue weighted by Gasteiger charge is 2.03. The Bertz CT molecular complexity index is 486. The van der Waals surface area contributed by atoms with Crippen LogP contribution in [0.25, 0.3) is 5.52 Å². The van der Waals surface area contributed by atoms with Gasteiger partial charge in [-0.3, -0.25) is 4.68 Å². The van der Waals surface area contributed by atoms with Crippen LogP contribution >= 0.6 is 28.1 Å². The summed E-state index contributed by atoms with van der Waals surface area (Å²) < 4.78 is 4.84. The molecule has 62 valence electrons. The van der Waals surface area contributed by atoms with E-state index in [1.54, 1.807) is 21.7 Å². The predicted octanol–water partition coefficient (Wildman–Crippen LogP) is 1.56. The van der Waals surface area contributed by atoms with Gasteiger partial charge >= 0.3 is 0 Å². The van der Waals surface area contributed by atoms with Crippen LogP contribution in [0.1, 0.15) is 0 Å². The molecule has 0 aliphatic rings. The average Bonchev–Trinajstić information content (AvgIpc) is 2.41. The Morgan fingerprint density at radius 1 is 1.50 bits per heavy atom. The molecule has 2 aromatic heterocycles. The summed E-state index contributed by atoms with van der Waals surface area (Å²) in [7, 11) is 1.81. The van der Waals surface area contributed by atoms with Crippen LogP contribution in [-0.2, 0) is 7.05 Å². The van der Waals surface area contributed by atoms with Crippen LogP contribution in [0.2, 0.25) is 0 Å². The molecule has 0 spiro atoms. The van der Waals surface area contributed by atoms with Crippen molar-refractivity contribution in [3.63, 3.8) is 0 Å². The third-order valence-corrected chi connectivity index (χ3v) is 2.62. The van der Waals surface area contributed by atoms with Crippen LogP contribution in [0.4, 0.5) is 0 Å². The van der Waals surface area contributed by atoms with Gasteiger partial charge in [0.25, 0.3) is 0 Å². The van der Waals surface area contributed by atoms with E-state index in [1.807, 2.05) is 7.05 Å². The van der Waals surface area contributed by atoms with E-state index < -0.39 is 0 Å². The highest BCUT2D eigenvalue weighted by molar-refractivity contribution is 9.10. The minimum absolute atomic E-state index is 0.668. The lowest BCUT2D eigenvalue weighted by molar-refractivity contribution is 0.692. The van der Waals surface area contributed by atoms with Gasteiger partial charge < -0.3 is 0 Å². The van der Waals surface area contributed by atoms with Crippen molar-refractivity contribution in [3.8, 4) is 0 Å². The lowest BCUT2D eigenvalue weighted by Gasteiger charge is -1.97. The molecule has 0 aromatic carbocycles. The van der Waals surface area contributed by atoms with E-state index in [0.29, 0.717) is 4.64 Å². The van der Waals surface area contributed by atoms with Crippen LogP contribution in [-0.4, -0.2) is 19.4 Å². The third kappa shape index (κ3) is 0.987. The number of aromatic nitrogens is 4. The predicted molar refractivity (Wildman–Crippen MR) is 50.5 cm³/mol. The summed E-state index contributed by atoms with van der Waals surface area (Å²) in [6, 6.07) is 0. The highest BCUT2D eigenvalue weighted by atomic mass is 79.9. The number of nitrogens with zero attached hydrogens (tertiary/aromatic N) is 4. The van der Waals surface area contributed by atoms with Gasteiger partial charge in [-0.05, 0) is 15.9 Å². The van der Waals surface area contributed by atoms with E-state index in [0.717, 1.165) is 9.99 Å². The molecule has 0 unspecified atom stereocenters. The Labute approximate surface area is 81.9 Å². The molecule has 12 heavy (non-hydrogen) atoms. The van der Waals surface area contributed by atoms with Crippen molar-refractivity contribution < 1.29 is 0 Å². The first-order valence-corrected chi connectivity index (χ1v) is 4.45. The number of rotatable bonds is 0. The van der Waals surface area contributed by atoms with Gasteiger partial charge in [0.1, 0.15) is 16.5 Å². The van der Waals surface area contributed by atoms with Gasteiger partial charge in [-0.25, -0.2) is 4.52 Å². The molecule has 0 amide bonds. The Kier molecular flexibility index (Phi) is 1.73. The summed E-state index contributed by atoms with van der Waals surface area (Å²) in [6.45, 7) is 0. The van der Waals surface area contributed by atoms with Crippen molar-refractivity contribution in [2.75, 3.05) is 0 Å². The van der Waals surface area contributed by atoms with Gasteiger partial charge in [-0.2, -0.15) is 10.2 Å². The number of hydrogen-bond donors (Lipinski definition) is 0. The van der Waals surface area contributed by atoms with E-state index in [1.165, 1.54) is 0 Å². The third-order valence-electron chi connectivity index (χ3n) is 1.58. The summed E-state index contributed by atoms with van der Waals surface area (Å²) in [6.07, 6.45) is 3.32. The molecule has 0 saturated carbocycles. The largest absolute Gasteiger partial charge is 0.254 e. The second-order valence-electron chi connectivity index (χ2n) is 2.35. The van der Waals surface area contributed by atoms with Gasteiger partial charge in [0, 0.05) is 7.05 Å². The lowest BCUT2D eigenvalue weighted by Crippen LogP contribution is -2.02. The van der Waals surface area contributed by atoms with E-state index in [-0.39, 0.29) is 0 Å². The summed E-state index contributed by atoms with van der Waals surface area (Å²) in [4.78, 5) is 0. The zero-order chi connectivity index (χ0) is 8.72.